The number of hydrogen-bond acceptors (Lipinski definition) is 2. The van der Waals surface area contributed by atoms with Gasteiger partial charge < -0.3 is 10.6 Å². The Hall–Kier alpha value is -1.18. The molecule has 0 aromatic heterocycles. The van der Waals surface area contributed by atoms with Gasteiger partial charge in [-0.05, 0) is 30.8 Å². The predicted molar refractivity (Wildman–Crippen MR) is 96.0 cm³/mol. The Balaban J connectivity index is 0.00000242. The summed E-state index contributed by atoms with van der Waals surface area (Å²) in [5.74, 6) is 0. The summed E-state index contributed by atoms with van der Waals surface area (Å²) in [6.45, 7) is 9.53. The first-order valence-corrected chi connectivity index (χ1v) is 7.78. The normalized spacial score (nSPS) is 13.7. The fourth-order valence-electron chi connectivity index (χ4n) is 2.13. The van der Waals surface area contributed by atoms with Gasteiger partial charge in [-0.2, -0.15) is 11.6 Å². The number of allylic oxidation sites excluding steroid dienone is 3. The molecule has 1 aliphatic rings. The van der Waals surface area contributed by atoms with Crippen molar-refractivity contribution in [1.29, 1.82) is 0 Å². The molecule has 2 rings (SSSR count). The Morgan fingerprint density at radius 2 is 2.32 bits per heavy atom. The van der Waals surface area contributed by atoms with Crippen molar-refractivity contribution >= 4 is 27.2 Å². The first-order valence-electron chi connectivity index (χ1n) is 6.99. The van der Waals surface area contributed by atoms with E-state index in [1.165, 1.54) is 11.1 Å². The summed E-state index contributed by atoms with van der Waals surface area (Å²) in [4.78, 5) is 0. The molecule has 0 aliphatic carbocycles. The van der Waals surface area contributed by atoms with Gasteiger partial charge in [0.1, 0.15) is 0 Å². The van der Waals surface area contributed by atoms with E-state index in [0.29, 0.717) is 0 Å². The summed E-state index contributed by atoms with van der Waals surface area (Å²) < 4.78 is 1.09. The molecule has 0 spiro atoms. The number of hydrogen-bond donors (Lipinski definition) is 2. The molecule has 0 saturated heterocycles. The van der Waals surface area contributed by atoms with Gasteiger partial charge in [-0.25, -0.2) is 0 Å². The van der Waals surface area contributed by atoms with E-state index in [1.807, 2.05) is 25.2 Å². The zero-order valence-corrected chi connectivity index (χ0v) is 15.5. The number of nitrogens with one attached hydrogen (secondary N) is 2. The first kappa shape index (κ1) is 18.9. The SMILES string of the molecule is C=C/C(=C\C=C/C)CN[CH-]C1=CCNc2cc(Br)ccc21.[Cr]. The topological polar surface area (TPSA) is 24.1 Å². The van der Waals surface area contributed by atoms with Crippen LogP contribution in [0.2, 0.25) is 0 Å². The fraction of sp³-hybridized carbons (Fsp3) is 0.167. The van der Waals surface area contributed by atoms with Gasteiger partial charge in [0.2, 0.25) is 0 Å². The molecule has 1 aliphatic heterocycles. The molecular weight excluding hydrogens is 376 g/mol. The Kier molecular flexibility index (Phi) is 8.37. The van der Waals surface area contributed by atoms with Crippen molar-refractivity contribution in [2.75, 3.05) is 18.4 Å². The minimum absolute atomic E-state index is 0. The Morgan fingerprint density at radius 3 is 3.05 bits per heavy atom. The van der Waals surface area contributed by atoms with Crippen molar-refractivity contribution in [2.24, 2.45) is 0 Å². The molecule has 4 heteroatoms. The van der Waals surface area contributed by atoms with Crippen LogP contribution in [0.3, 0.4) is 0 Å². The van der Waals surface area contributed by atoms with Crippen molar-refractivity contribution in [3.8, 4) is 0 Å². The number of halogens is 1. The van der Waals surface area contributed by atoms with Crippen molar-refractivity contribution in [1.82, 2.24) is 5.32 Å². The molecule has 0 unspecified atom stereocenters. The molecule has 2 N–H and O–H groups in total. The van der Waals surface area contributed by atoms with Crippen LogP contribution in [0, 0.1) is 6.54 Å². The average Bonchev–Trinajstić information content (AvgIpc) is 2.50. The second-order valence-electron chi connectivity index (χ2n) is 4.73. The zero-order valence-electron chi connectivity index (χ0n) is 12.6. The maximum atomic E-state index is 3.84. The van der Waals surface area contributed by atoms with Gasteiger partial charge in [-0.1, -0.05) is 52.9 Å². The monoisotopic (exact) mass is 395 g/mol. The van der Waals surface area contributed by atoms with Gasteiger partial charge in [0.05, 0.1) is 0 Å². The molecule has 1 heterocycles. The summed E-state index contributed by atoms with van der Waals surface area (Å²) >= 11 is 3.51. The first-order chi connectivity index (χ1) is 10.2. The van der Waals surface area contributed by atoms with Crippen LogP contribution in [-0.2, 0) is 17.4 Å². The second kappa shape index (κ2) is 9.76. The summed E-state index contributed by atoms with van der Waals surface area (Å²) in [6.07, 6.45) is 10.2. The number of rotatable bonds is 6. The van der Waals surface area contributed by atoms with E-state index in [0.717, 1.165) is 28.8 Å². The van der Waals surface area contributed by atoms with E-state index in [4.69, 9.17) is 0 Å². The van der Waals surface area contributed by atoms with E-state index in [-0.39, 0.29) is 17.4 Å². The molecule has 22 heavy (non-hydrogen) atoms. The maximum Gasteiger partial charge on any atom is 0.0174 e. The summed E-state index contributed by atoms with van der Waals surface area (Å²) in [5.41, 5.74) is 4.75. The van der Waals surface area contributed by atoms with Crippen LogP contribution in [0.4, 0.5) is 5.69 Å². The van der Waals surface area contributed by atoms with Gasteiger partial charge in [-0.15, -0.1) is 18.2 Å². The Bertz CT molecular complexity index is 603. The van der Waals surface area contributed by atoms with E-state index in [2.05, 4.69) is 70.0 Å². The van der Waals surface area contributed by atoms with Crippen LogP contribution < -0.4 is 10.6 Å². The third kappa shape index (κ3) is 5.23. The molecular formula is C18H20BrCrN2-. The molecule has 0 fully saturated rings. The van der Waals surface area contributed by atoms with Crippen LogP contribution >= 0.6 is 15.9 Å². The Morgan fingerprint density at radius 1 is 1.50 bits per heavy atom. The van der Waals surface area contributed by atoms with Crippen molar-refractivity contribution in [3.05, 3.63) is 77.3 Å². The second-order valence-corrected chi connectivity index (χ2v) is 5.64. The van der Waals surface area contributed by atoms with Crippen molar-refractivity contribution in [2.45, 2.75) is 6.92 Å². The zero-order chi connectivity index (χ0) is 15.1. The molecule has 0 atom stereocenters. The molecule has 1 aromatic rings. The van der Waals surface area contributed by atoms with E-state index in [9.17, 15) is 0 Å². The van der Waals surface area contributed by atoms with Crippen LogP contribution in [0.15, 0.2) is 65.2 Å². The fourth-order valence-corrected chi connectivity index (χ4v) is 2.49. The number of fused-ring (bicyclic) bond motifs is 1. The quantitative estimate of drug-likeness (QED) is 0.538. The van der Waals surface area contributed by atoms with Gasteiger partial charge >= 0.3 is 0 Å². The van der Waals surface area contributed by atoms with Crippen LogP contribution in [0.1, 0.15) is 12.5 Å². The van der Waals surface area contributed by atoms with Gasteiger partial charge in [0, 0.05) is 28.4 Å². The maximum absolute atomic E-state index is 3.84. The number of benzene rings is 1. The van der Waals surface area contributed by atoms with Crippen molar-refractivity contribution in [3.63, 3.8) is 0 Å². The Labute approximate surface area is 152 Å². The standard InChI is InChI=1S/C18H20BrN2.Cr/c1-3-5-6-14(4-2)12-20-13-15-9-10-21-18-11-16(19)7-8-17(15)18;/h3-9,11,13,20-21H,2,10,12H2,1H3;/q-1;/b5-3-,14-6+;. The van der Waals surface area contributed by atoms with Crippen molar-refractivity contribution < 1.29 is 17.4 Å². The van der Waals surface area contributed by atoms with Gasteiger partial charge in [0.15, 0.2) is 0 Å². The van der Waals surface area contributed by atoms with Gasteiger partial charge in [-0.3, -0.25) is 0 Å². The van der Waals surface area contributed by atoms with Crippen LogP contribution in [0.5, 0.6) is 0 Å². The summed E-state index contributed by atoms with van der Waals surface area (Å²) in [7, 11) is 0. The minimum atomic E-state index is 0. The minimum Gasteiger partial charge on any atom is -0.402 e. The molecule has 1 aromatic carbocycles. The molecule has 2 nitrogen and oxygen atoms in total. The molecule has 0 bridgehead atoms. The molecule has 0 amide bonds. The van der Waals surface area contributed by atoms with E-state index < -0.39 is 0 Å². The third-order valence-corrected chi connectivity index (χ3v) is 3.73. The molecule has 0 radical (unpaired) electrons. The van der Waals surface area contributed by atoms with E-state index >= 15 is 0 Å². The summed E-state index contributed by atoms with van der Waals surface area (Å²) in [6, 6.07) is 6.30. The smallest absolute Gasteiger partial charge is 0.0174 e. The third-order valence-electron chi connectivity index (χ3n) is 3.24. The van der Waals surface area contributed by atoms with Gasteiger partial charge in [0.25, 0.3) is 0 Å². The van der Waals surface area contributed by atoms with Crippen LogP contribution in [-0.4, -0.2) is 13.1 Å². The molecule has 116 valence electrons. The van der Waals surface area contributed by atoms with E-state index in [1.54, 1.807) is 0 Å². The summed E-state index contributed by atoms with van der Waals surface area (Å²) in [5, 5.41) is 6.75. The van der Waals surface area contributed by atoms with Crippen LogP contribution in [0.25, 0.3) is 5.57 Å². The average molecular weight is 396 g/mol. The predicted octanol–water partition coefficient (Wildman–Crippen LogP) is 4.70. The molecule has 0 saturated carbocycles. The largest absolute Gasteiger partial charge is 0.402 e. The number of anilines is 1.